The summed E-state index contributed by atoms with van der Waals surface area (Å²) in [6.07, 6.45) is 3.04. The maximum atomic E-state index is 12.4. The third-order valence-electron chi connectivity index (χ3n) is 3.49. The van der Waals surface area contributed by atoms with Crippen molar-refractivity contribution in [1.82, 2.24) is 4.31 Å². The topological polar surface area (TPSA) is 76.5 Å². The highest BCUT2D eigenvalue weighted by molar-refractivity contribution is 7.89. The van der Waals surface area contributed by atoms with Crippen LogP contribution in [0.25, 0.3) is 0 Å². The second-order valence-corrected chi connectivity index (χ2v) is 6.57. The lowest BCUT2D eigenvalue weighted by Gasteiger charge is -2.30. The van der Waals surface area contributed by atoms with Crippen molar-refractivity contribution in [3.8, 4) is 0 Å². The minimum Gasteiger partial charge on any atom is -0.447 e. The van der Waals surface area contributed by atoms with Gasteiger partial charge in [-0.3, -0.25) is 0 Å². The van der Waals surface area contributed by atoms with Crippen LogP contribution in [0.15, 0.2) is 21.6 Å². The first-order valence-electron chi connectivity index (χ1n) is 6.37. The summed E-state index contributed by atoms with van der Waals surface area (Å²) in [7, 11) is -3.48. The summed E-state index contributed by atoms with van der Waals surface area (Å²) in [5, 5.41) is 0.0136. The van der Waals surface area contributed by atoms with E-state index in [0.29, 0.717) is 24.8 Å². The predicted molar refractivity (Wildman–Crippen MR) is 68.4 cm³/mol. The normalized spacial score (nSPS) is 22.2. The monoisotopic (exact) mass is 272 g/mol. The van der Waals surface area contributed by atoms with Gasteiger partial charge < -0.3 is 10.2 Å². The van der Waals surface area contributed by atoms with Crippen LogP contribution in [0.5, 0.6) is 0 Å². The van der Waals surface area contributed by atoms with E-state index in [0.717, 1.165) is 19.3 Å². The van der Waals surface area contributed by atoms with Crippen LogP contribution in [-0.4, -0.2) is 25.8 Å². The zero-order chi connectivity index (χ0) is 13.2. The average molecular weight is 272 g/mol. The molecule has 0 bridgehead atoms. The van der Waals surface area contributed by atoms with Gasteiger partial charge in [0.2, 0.25) is 5.09 Å². The maximum Gasteiger partial charge on any atom is 0.276 e. The van der Waals surface area contributed by atoms with Gasteiger partial charge in [-0.05, 0) is 30.9 Å². The Morgan fingerprint density at radius 3 is 2.89 bits per heavy atom. The Morgan fingerprint density at radius 1 is 1.50 bits per heavy atom. The van der Waals surface area contributed by atoms with Crippen LogP contribution in [0, 0.1) is 5.92 Å². The van der Waals surface area contributed by atoms with E-state index in [1.807, 2.05) is 0 Å². The van der Waals surface area contributed by atoms with Gasteiger partial charge in [-0.15, -0.1) is 0 Å². The van der Waals surface area contributed by atoms with Gasteiger partial charge in [0.1, 0.15) is 5.76 Å². The third kappa shape index (κ3) is 2.60. The fraction of sp³-hybridized carbons (Fsp3) is 0.667. The van der Waals surface area contributed by atoms with Crippen molar-refractivity contribution in [2.24, 2.45) is 11.7 Å². The molecule has 0 radical (unpaired) electrons. The first kappa shape index (κ1) is 13.6. The van der Waals surface area contributed by atoms with E-state index >= 15 is 0 Å². The van der Waals surface area contributed by atoms with Crippen LogP contribution in [0.3, 0.4) is 0 Å². The van der Waals surface area contributed by atoms with E-state index in [4.69, 9.17) is 10.2 Å². The third-order valence-corrected chi connectivity index (χ3v) is 5.23. The molecule has 0 aromatic carbocycles. The van der Waals surface area contributed by atoms with Crippen molar-refractivity contribution in [2.75, 3.05) is 13.1 Å². The molecule has 1 fully saturated rings. The van der Waals surface area contributed by atoms with Crippen LogP contribution < -0.4 is 5.73 Å². The summed E-state index contributed by atoms with van der Waals surface area (Å²) < 4.78 is 31.5. The molecule has 2 heterocycles. The standard InChI is InChI=1S/C12H20N2O3S/c1-2-10-4-3-7-14(9-10)18(15,16)12-6-5-11(8-13)17-12/h5-6,10H,2-4,7-9,13H2,1H3. The number of hydrogen-bond acceptors (Lipinski definition) is 4. The Labute approximate surface area is 108 Å². The molecule has 1 aliphatic rings. The van der Waals surface area contributed by atoms with E-state index in [2.05, 4.69) is 6.92 Å². The molecular formula is C12H20N2O3S. The Bertz CT molecular complexity index is 495. The summed E-state index contributed by atoms with van der Waals surface area (Å²) in [6, 6.07) is 3.11. The molecule has 2 rings (SSSR count). The van der Waals surface area contributed by atoms with Gasteiger partial charge in [0.15, 0.2) is 0 Å². The largest absolute Gasteiger partial charge is 0.447 e. The smallest absolute Gasteiger partial charge is 0.276 e. The zero-order valence-corrected chi connectivity index (χ0v) is 11.4. The minimum absolute atomic E-state index is 0.0136. The summed E-state index contributed by atoms with van der Waals surface area (Å²) in [5.41, 5.74) is 5.43. The highest BCUT2D eigenvalue weighted by Gasteiger charge is 2.31. The van der Waals surface area contributed by atoms with Crippen molar-refractivity contribution in [3.05, 3.63) is 17.9 Å². The molecule has 0 amide bonds. The number of sulfonamides is 1. The Balaban J connectivity index is 2.19. The van der Waals surface area contributed by atoms with Crippen LogP contribution >= 0.6 is 0 Å². The van der Waals surface area contributed by atoms with E-state index in [9.17, 15) is 8.42 Å². The number of hydrogen-bond donors (Lipinski definition) is 1. The first-order valence-corrected chi connectivity index (χ1v) is 7.81. The van der Waals surface area contributed by atoms with Crippen molar-refractivity contribution < 1.29 is 12.8 Å². The fourth-order valence-corrected chi connectivity index (χ4v) is 3.80. The molecule has 102 valence electrons. The lowest BCUT2D eigenvalue weighted by molar-refractivity contribution is 0.255. The number of furan rings is 1. The zero-order valence-electron chi connectivity index (χ0n) is 10.6. The quantitative estimate of drug-likeness (QED) is 0.902. The van der Waals surface area contributed by atoms with Gasteiger partial charge in [-0.2, -0.15) is 4.31 Å². The lowest BCUT2D eigenvalue weighted by atomic mass is 9.97. The minimum atomic E-state index is -3.48. The van der Waals surface area contributed by atoms with E-state index < -0.39 is 10.0 Å². The first-order chi connectivity index (χ1) is 8.57. The van der Waals surface area contributed by atoms with Gasteiger partial charge in [-0.1, -0.05) is 13.3 Å². The summed E-state index contributed by atoms with van der Waals surface area (Å²) in [5.74, 6) is 0.954. The molecule has 5 nitrogen and oxygen atoms in total. The molecule has 1 saturated heterocycles. The van der Waals surface area contributed by atoms with Crippen LogP contribution in [0.1, 0.15) is 31.9 Å². The Kier molecular flexibility index (Phi) is 4.09. The molecule has 1 aliphatic heterocycles. The average Bonchev–Trinajstić information content (AvgIpc) is 2.88. The van der Waals surface area contributed by atoms with E-state index in [1.165, 1.54) is 10.4 Å². The van der Waals surface area contributed by atoms with Gasteiger partial charge >= 0.3 is 0 Å². The van der Waals surface area contributed by atoms with E-state index in [1.54, 1.807) is 6.07 Å². The van der Waals surface area contributed by atoms with Gasteiger partial charge in [0.05, 0.1) is 6.54 Å². The van der Waals surface area contributed by atoms with Gasteiger partial charge in [0, 0.05) is 13.1 Å². The Hall–Kier alpha value is -0.850. The van der Waals surface area contributed by atoms with Crippen molar-refractivity contribution in [3.63, 3.8) is 0 Å². The molecule has 0 spiro atoms. The molecule has 1 atom stereocenters. The highest BCUT2D eigenvalue weighted by atomic mass is 32.2. The van der Waals surface area contributed by atoms with Crippen LogP contribution in [-0.2, 0) is 16.6 Å². The molecule has 6 heteroatoms. The Morgan fingerprint density at radius 2 is 2.28 bits per heavy atom. The summed E-state index contributed by atoms with van der Waals surface area (Å²) in [4.78, 5) is 0. The summed E-state index contributed by atoms with van der Waals surface area (Å²) >= 11 is 0. The molecule has 0 aliphatic carbocycles. The second kappa shape index (κ2) is 5.42. The highest BCUT2D eigenvalue weighted by Crippen LogP contribution is 2.26. The fourth-order valence-electron chi connectivity index (χ4n) is 2.31. The number of nitrogens with zero attached hydrogens (tertiary/aromatic N) is 1. The lowest BCUT2D eigenvalue weighted by Crippen LogP contribution is -2.39. The molecular weight excluding hydrogens is 252 g/mol. The van der Waals surface area contributed by atoms with Gasteiger partial charge in [-0.25, -0.2) is 8.42 Å². The van der Waals surface area contributed by atoms with Crippen LogP contribution in [0.2, 0.25) is 0 Å². The molecule has 1 unspecified atom stereocenters. The second-order valence-electron chi connectivity index (χ2n) is 4.70. The molecule has 0 saturated carbocycles. The van der Waals surface area contributed by atoms with E-state index in [-0.39, 0.29) is 11.6 Å². The molecule has 1 aromatic rings. The predicted octanol–water partition coefficient (Wildman–Crippen LogP) is 1.55. The number of nitrogens with two attached hydrogens (primary N) is 1. The molecule has 1 aromatic heterocycles. The number of rotatable bonds is 4. The molecule has 2 N–H and O–H groups in total. The number of piperidine rings is 1. The SMILES string of the molecule is CCC1CCCN(S(=O)(=O)c2ccc(CN)o2)C1. The molecule has 18 heavy (non-hydrogen) atoms. The maximum absolute atomic E-state index is 12.4. The van der Waals surface area contributed by atoms with Crippen molar-refractivity contribution in [1.29, 1.82) is 0 Å². The van der Waals surface area contributed by atoms with Gasteiger partial charge in [0.25, 0.3) is 10.0 Å². The van der Waals surface area contributed by atoms with Crippen LogP contribution in [0.4, 0.5) is 0 Å². The summed E-state index contributed by atoms with van der Waals surface area (Å²) in [6.45, 7) is 3.49. The van der Waals surface area contributed by atoms with Crippen molar-refractivity contribution in [2.45, 2.75) is 37.8 Å². The van der Waals surface area contributed by atoms with Crippen molar-refractivity contribution >= 4 is 10.0 Å².